The fourth-order valence-corrected chi connectivity index (χ4v) is 0.884. The number of alkyl halides is 3. The molecular weight excluding hydrogens is 217 g/mol. The van der Waals surface area contributed by atoms with Gasteiger partial charge in [-0.15, -0.1) is 0 Å². The fourth-order valence-electron chi connectivity index (χ4n) is 0.884. The van der Waals surface area contributed by atoms with E-state index in [9.17, 15) is 23.3 Å². The zero-order valence-corrected chi connectivity index (χ0v) is 7.41. The van der Waals surface area contributed by atoms with Crippen LogP contribution in [-0.4, -0.2) is 17.0 Å². The van der Waals surface area contributed by atoms with Crippen LogP contribution in [0.5, 0.6) is 5.88 Å². The number of hydrogen-bond acceptors (Lipinski definition) is 4. The van der Waals surface area contributed by atoms with E-state index in [0.29, 0.717) is 12.3 Å². The normalized spacial score (nSPS) is 11.2. The summed E-state index contributed by atoms with van der Waals surface area (Å²) in [6.45, 7) is 0. The van der Waals surface area contributed by atoms with E-state index >= 15 is 0 Å². The highest BCUT2D eigenvalue weighted by atomic mass is 19.4. The van der Waals surface area contributed by atoms with Gasteiger partial charge in [0.25, 0.3) is 5.88 Å². The standard InChI is InChI=1S/C7H5F3N2O3/c1-15-6-5(12(13)14)2-4(3-11-6)7(8,9)10/h2-3H,1H3. The lowest BCUT2D eigenvalue weighted by Gasteiger charge is -2.06. The van der Waals surface area contributed by atoms with Gasteiger partial charge >= 0.3 is 11.9 Å². The van der Waals surface area contributed by atoms with Gasteiger partial charge in [-0.2, -0.15) is 13.2 Å². The zero-order chi connectivity index (χ0) is 11.6. The van der Waals surface area contributed by atoms with E-state index < -0.39 is 28.2 Å². The van der Waals surface area contributed by atoms with Crippen molar-refractivity contribution in [1.29, 1.82) is 0 Å². The molecule has 0 saturated carbocycles. The van der Waals surface area contributed by atoms with Crippen molar-refractivity contribution >= 4 is 5.69 Å². The van der Waals surface area contributed by atoms with Crippen molar-refractivity contribution in [3.05, 3.63) is 27.9 Å². The fraction of sp³-hybridized carbons (Fsp3) is 0.286. The van der Waals surface area contributed by atoms with Crippen molar-refractivity contribution in [2.75, 3.05) is 7.11 Å². The van der Waals surface area contributed by atoms with Gasteiger partial charge in [0, 0.05) is 12.3 Å². The van der Waals surface area contributed by atoms with Crippen molar-refractivity contribution in [3.8, 4) is 5.88 Å². The summed E-state index contributed by atoms with van der Waals surface area (Å²) in [5, 5.41) is 10.4. The van der Waals surface area contributed by atoms with Gasteiger partial charge < -0.3 is 4.74 Å². The summed E-state index contributed by atoms with van der Waals surface area (Å²) in [7, 11) is 1.09. The molecule has 1 aromatic rings. The predicted octanol–water partition coefficient (Wildman–Crippen LogP) is 2.02. The Morgan fingerprint density at radius 2 is 2.13 bits per heavy atom. The lowest BCUT2D eigenvalue weighted by atomic mass is 10.2. The molecule has 15 heavy (non-hydrogen) atoms. The SMILES string of the molecule is COc1ncc(C(F)(F)F)cc1[N+](=O)[O-]. The Balaban J connectivity index is 3.28. The third kappa shape index (κ3) is 2.33. The van der Waals surface area contributed by atoms with Crippen LogP contribution in [-0.2, 0) is 6.18 Å². The minimum atomic E-state index is -4.66. The topological polar surface area (TPSA) is 65.3 Å². The van der Waals surface area contributed by atoms with Crippen molar-refractivity contribution in [3.63, 3.8) is 0 Å². The number of hydrogen-bond donors (Lipinski definition) is 0. The van der Waals surface area contributed by atoms with Gasteiger partial charge in [-0.05, 0) is 0 Å². The van der Waals surface area contributed by atoms with Crippen LogP contribution in [0.1, 0.15) is 5.56 Å². The Bertz CT molecular complexity index is 392. The van der Waals surface area contributed by atoms with Crippen molar-refractivity contribution in [1.82, 2.24) is 4.98 Å². The number of nitro groups is 1. The average molecular weight is 222 g/mol. The van der Waals surface area contributed by atoms with Gasteiger partial charge in [-0.25, -0.2) is 4.98 Å². The molecule has 0 aliphatic rings. The first-order valence-corrected chi connectivity index (χ1v) is 3.62. The van der Waals surface area contributed by atoms with E-state index in [1.54, 1.807) is 0 Å². The molecule has 0 atom stereocenters. The summed E-state index contributed by atoms with van der Waals surface area (Å²) in [5.74, 6) is -0.451. The second-order valence-corrected chi connectivity index (χ2v) is 2.51. The molecule has 0 spiro atoms. The van der Waals surface area contributed by atoms with Crippen molar-refractivity contribution in [2.45, 2.75) is 6.18 Å². The van der Waals surface area contributed by atoms with Crippen LogP contribution in [0.2, 0.25) is 0 Å². The first kappa shape index (κ1) is 11.2. The Kier molecular flexibility index (Phi) is 2.78. The molecule has 0 aliphatic carbocycles. The van der Waals surface area contributed by atoms with Crippen LogP contribution >= 0.6 is 0 Å². The molecule has 8 heteroatoms. The van der Waals surface area contributed by atoms with Gasteiger partial charge in [-0.3, -0.25) is 10.1 Å². The van der Waals surface area contributed by atoms with E-state index in [1.807, 2.05) is 0 Å². The monoisotopic (exact) mass is 222 g/mol. The Morgan fingerprint density at radius 1 is 1.53 bits per heavy atom. The second kappa shape index (κ2) is 3.71. The van der Waals surface area contributed by atoms with Crippen molar-refractivity contribution < 1.29 is 22.8 Å². The number of pyridine rings is 1. The van der Waals surface area contributed by atoms with Gasteiger partial charge in [0.05, 0.1) is 17.6 Å². The minimum Gasteiger partial charge on any atom is -0.476 e. The maximum absolute atomic E-state index is 12.2. The maximum atomic E-state index is 12.2. The van der Waals surface area contributed by atoms with E-state index in [0.717, 1.165) is 7.11 Å². The summed E-state index contributed by atoms with van der Waals surface area (Å²) in [4.78, 5) is 12.6. The average Bonchev–Trinajstić information content (AvgIpc) is 2.15. The first-order valence-electron chi connectivity index (χ1n) is 3.62. The number of aromatic nitrogens is 1. The predicted molar refractivity (Wildman–Crippen MR) is 42.4 cm³/mol. The van der Waals surface area contributed by atoms with E-state index in [2.05, 4.69) is 9.72 Å². The number of halogens is 3. The Hall–Kier alpha value is -1.86. The molecule has 0 N–H and O–H groups in total. The first-order chi connectivity index (χ1) is 6.86. The highest BCUT2D eigenvalue weighted by Crippen LogP contribution is 2.33. The van der Waals surface area contributed by atoms with Gasteiger partial charge in [0.1, 0.15) is 0 Å². The van der Waals surface area contributed by atoms with Crippen LogP contribution in [0.3, 0.4) is 0 Å². The van der Waals surface area contributed by atoms with Crippen LogP contribution in [0.25, 0.3) is 0 Å². The molecule has 1 aromatic heterocycles. The number of methoxy groups -OCH3 is 1. The lowest BCUT2D eigenvalue weighted by molar-refractivity contribution is -0.386. The lowest BCUT2D eigenvalue weighted by Crippen LogP contribution is -2.07. The number of rotatable bonds is 2. The molecule has 0 aliphatic heterocycles. The summed E-state index contributed by atoms with van der Waals surface area (Å²) in [6.07, 6.45) is -4.18. The van der Waals surface area contributed by atoms with Gasteiger partial charge in [0.2, 0.25) is 0 Å². The molecule has 5 nitrogen and oxygen atoms in total. The highest BCUT2D eigenvalue weighted by molar-refractivity contribution is 5.43. The van der Waals surface area contributed by atoms with Crippen molar-refractivity contribution in [2.24, 2.45) is 0 Å². The Morgan fingerprint density at radius 3 is 2.53 bits per heavy atom. The molecule has 0 aromatic carbocycles. The molecule has 0 amide bonds. The smallest absolute Gasteiger partial charge is 0.418 e. The quantitative estimate of drug-likeness (QED) is 0.567. The molecule has 1 rings (SSSR count). The molecule has 0 bridgehead atoms. The largest absolute Gasteiger partial charge is 0.476 e. The molecule has 82 valence electrons. The van der Waals surface area contributed by atoms with Crippen LogP contribution < -0.4 is 4.74 Å². The molecule has 0 saturated heterocycles. The van der Waals surface area contributed by atoms with Crippen LogP contribution in [0, 0.1) is 10.1 Å². The minimum absolute atomic E-state index is 0.381. The Labute approximate surface area is 81.6 Å². The molecular formula is C7H5F3N2O3. The van der Waals surface area contributed by atoms with Gasteiger partial charge in [-0.1, -0.05) is 0 Å². The molecule has 1 heterocycles. The summed E-state index contributed by atoms with van der Waals surface area (Å²) in [6, 6.07) is 0.381. The highest BCUT2D eigenvalue weighted by Gasteiger charge is 2.34. The molecule has 0 radical (unpaired) electrons. The van der Waals surface area contributed by atoms with E-state index in [4.69, 9.17) is 0 Å². The summed E-state index contributed by atoms with van der Waals surface area (Å²) in [5.41, 5.74) is -2.00. The number of nitrogens with zero attached hydrogens (tertiary/aromatic N) is 2. The summed E-state index contributed by atoms with van der Waals surface area (Å²) < 4.78 is 40.9. The second-order valence-electron chi connectivity index (χ2n) is 2.51. The zero-order valence-electron chi connectivity index (χ0n) is 7.41. The third-order valence-electron chi connectivity index (χ3n) is 1.55. The van der Waals surface area contributed by atoms with Crippen LogP contribution in [0.4, 0.5) is 18.9 Å². The summed E-state index contributed by atoms with van der Waals surface area (Å²) >= 11 is 0. The molecule has 0 fully saturated rings. The van der Waals surface area contributed by atoms with E-state index in [-0.39, 0.29) is 0 Å². The maximum Gasteiger partial charge on any atom is 0.418 e. The van der Waals surface area contributed by atoms with E-state index in [1.165, 1.54) is 0 Å². The van der Waals surface area contributed by atoms with Gasteiger partial charge in [0.15, 0.2) is 0 Å². The van der Waals surface area contributed by atoms with Crippen LogP contribution in [0.15, 0.2) is 12.3 Å². The molecule has 0 unspecified atom stereocenters. The number of ether oxygens (including phenoxy) is 1. The third-order valence-corrected chi connectivity index (χ3v) is 1.55.